The molecule has 0 amide bonds. The highest BCUT2D eigenvalue weighted by Gasteiger charge is 2.23. The van der Waals surface area contributed by atoms with Crippen LogP contribution in [0.1, 0.15) is 37.3 Å². The third-order valence-corrected chi connectivity index (χ3v) is 3.33. The van der Waals surface area contributed by atoms with Gasteiger partial charge in [-0.3, -0.25) is 4.68 Å². The molecule has 1 unspecified atom stereocenters. The van der Waals surface area contributed by atoms with Gasteiger partial charge in [0.2, 0.25) is 0 Å². The topological polar surface area (TPSA) is 68.8 Å². The summed E-state index contributed by atoms with van der Waals surface area (Å²) in [6.07, 6.45) is 3.14. The first-order valence-electron chi connectivity index (χ1n) is 6.38. The van der Waals surface area contributed by atoms with Crippen LogP contribution in [0.4, 0.5) is 0 Å². The molecule has 3 rings (SSSR count). The van der Waals surface area contributed by atoms with Crippen molar-refractivity contribution in [3.63, 3.8) is 0 Å². The predicted octanol–water partition coefficient (Wildman–Crippen LogP) is 1.46. The lowest BCUT2D eigenvalue weighted by Gasteiger charge is -2.01. The zero-order valence-electron chi connectivity index (χ0n) is 10.7. The number of aryl methyl sites for hydroxylation is 2. The molecule has 2 aromatic heterocycles. The van der Waals surface area contributed by atoms with Crippen LogP contribution in [0.15, 0.2) is 10.6 Å². The fourth-order valence-corrected chi connectivity index (χ4v) is 2.28. The predicted molar refractivity (Wildman–Crippen MR) is 65.9 cm³/mol. The minimum Gasteiger partial charge on any atom is -0.332 e. The Balaban J connectivity index is 1.89. The van der Waals surface area contributed by atoms with E-state index in [9.17, 15) is 0 Å². The van der Waals surface area contributed by atoms with Crippen molar-refractivity contribution >= 4 is 0 Å². The highest BCUT2D eigenvalue weighted by atomic mass is 16.5. The number of nitrogens with zero attached hydrogens (tertiary/aromatic N) is 4. The summed E-state index contributed by atoms with van der Waals surface area (Å²) in [5.74, 6) is 1.30. The van der Waals surface area contributed by atoms with E-state index in [1.165, 1.54) is 6.42 Å². The molecule has 2 aromatic rings. The Bertz CT molecular complexity index is 538. The first-order valence-corrected chi connectivity index (χ1v) is 6.38. The van der Waals surface area contributed by atoms with Gasteiger partial charge in [0, 0.05) is 7.05 Å². The Morgan fingerprint density at radius 1 is 1.56 bits per heavy atom. The van der Waals surface area contributed by atoms with Gasteiger partial charge < -0.3 is 9.84 Å². The highest BCUT2D eigenvalue weighted by Crippen LogP contribution is 2.24. The van der Waals surface area contributed by atoms with E-state index in [2.05, 4.69) is 27.5 Å². The normalized spacial score (nSPS) is 19.6. The van der Waals surface area contributed by atoms with E-state index >= 15 is 0 Å². The Labute approximate surface area is 105 Å². The van der Waals surface area contributed by atoms with Crippen LogP contribution in [0, 0.1) is 0 Å². The number of aromatic nitrogens is 4. The van der Waals surface area contributed by atoms with Crippen LogP contribution in [0.3, 0.4) is 0 Å². The van der Waals surface area contributed by atoms with Crippen LogP contribution in [0.25, 0.3) is 11.6 Å². The van der Waals surface area contributed by atoms with E-state index in [4.69, 9.17) is 4.52 Å². The summed E-state index contributed by atoms with van der Waals surface area (Å²) in [4.78, 5) is 4.47. The summed E-state index contributed by atoms with van der Waals surface area (Å²) < 4.78 is 7.13. The molecule has 0 radical (unpaired) electrons. The summed E-state index contributed by atoms with van der Waals surface area (Å²) in [6.45, 7) is 3.11. The molecule has 0 aliphatic carbocycles. The van der Waals surface area contributed by atoms with Crippen molar-refractivity contribution in [2.24, 2.45) is 7.05 Å². The van der Waals surface area contributed by atoms with Gasteiger partial charge in [0.15, 0.2) is 5.82 Å². The highest BCUT2D eigenvalue weighted by molar-refractivity contribution is 5.47. The summed E-state index contributed by atoms with van der Waals surface area (Å²) in [5.41, 5.74) is 1.91. The molecule has 0 bridgehead atoms. The number of rotatable bonds is 3. The molecular formula is C12H17N5O. The standard InChI is InChI=1S/C12H17N5O/c1-3-8-7-10(17(2)15-8)12-14-11(16-18-12)9-5-4-6-13-9/h7,9,13H,3-6H2,1-2H3. The van der Waals surface area contributed by atoms with Gasteiger partial charge in [-0.25, -0.2) is 0 Å². The molecular weight excluding hydrogens is 230 g/mol. The molecule has 6 nitrogen and oxygen atoms in total. The molecule has 6 heteroatoms. The minimum atomic E-state index is 0.237. The van der Waals surface area contributed by atoms with Gasteiger partial charge in [-0.15, -0.1) is 0 Å². The lowest BCUT2D eigenvalue weighted by molar-refractivity contribution is 0.409. The summed E-state index contributed by atoms with van der Waals surface area (Å²) in [7, 11) is 1.90. The van der Waals surface area contributed by atoms with E-state index in [0.717, 1.165) is 36.6 Å². The molecule has 18 heavy (non-hydrogen) atoms. The lowest BCUT2D eigenvalue weighted by Crippen LogP contribution is -2.14. The van der Waals surface area contributed by atoms with E-state index in [0.29, 0.717) is 5.89 Å². The van der Waals surface area contributed by atoms with Gasteiger partial charge in [-0.2, -0.15) is 10.1 Å². The Hall–Kier alpha value is -1.69. The quantitative estimate of drug-likeness (QED) is 0.889. The summed E-state index contributed by atoms with van der Waals surface area (Å²) in [6, 6.07) is 2.24. The van der Waals surface area contributed by atoms with Crippen molar-refractivity contribution in [3.05, 3.63) is 17.6 Å². The molecule has 1 aliphatic rings. The van der Waals surface area contributed by atoms with E-state index in [-0.39, 0.29) is 6.04 Å². The van der Waals surface area contributed by atoms with Crippen LogP contribution in [0.5, 0.6) is 0 Å². The maximum atomic E-state index is 5.34. The fraction of sp³-hybridized carbons (Fsp3) is 0.583. The van der Waals surface area contributed by atoms with Gasteiger partial charge in [0.05, 0.1) is 11.7 Å². The van der Waals surface area contributed by atoms with Crippen molar-refractivity contribution in [3.8, 4) is 11.6 Å². The lowest BCUT2D eigenvalue weighted by atomic mass is 10.2. The van der Waals surface area contributed by atoms with Crippen LogP contribution in [-0.2, 0) is 13.5 Å². The first kappa shape index (κ1) is 11.4. The maximum Gasteiger partial charge on any atom is 0.276 e. The SMILES string of the molecule is CCc1cc(-c2nc(C3CCCN3)no2)n(C)n1. The third kappa shape index (κ3) is 1.92. The zero-order chi connectivity index (χ0) is 12.5. The van der Waals surface area contributed by atoms with E-state index in [1.807, 2.05) is 13.1 Å². The second-order valence-corrected chi connectivity index (χ2v) is 4.60. The molecule has 3 heterocycles. The molecule has 1 atom stereocenters. The summed E-state index contributed by atoms with van der Waals surface area (Å²) >= 11 is 0. The molecule has 1 N–H and O–H groups in total. The monoisotopic (exact) mass is 247 g/mol. The molecule has 0 saturated carbocycles. The molecule has 1 fully saturated rings. The van der Waals surface area contributed by atoms with E-state index in [1.54, 1.807) is 4.68 Å². The van der Waals surface area contributed by atoms with Crippen LogP contribution >= 0.6 is 0 Å². The number of nitrogens with one attached hydrogen (secondary N) is 1. The van der Waals surface area contributed by atoms with Crippen LogP contribution in [-0.4, -0.2) is 26.5 Å². The average Bonchev–Trinajstić information content (AvgIpc) is 3.08. The van der Waals surface area contributed by atoms with Crippen molar-refractivity contribution < 1.29 is 4.52 Å². The van der Waals surface area contributed by atoms with Gasteiger partial charge in [0.1, 0.15) is 5.69 Å². The van der Waals surface area contributed by atoms with Gasteiger partial charge in [-0.1, -0.05) is 12.1 Å². The Morgan fingerprint density at radius 2 is 2.44 bits per heavy atom. The molecule has 1 saturated heterocycles. The molecule has 1 aliphatic heterocycles. The maximum absolute atomic E-state index is 5.34. The Kier molecular flexibility index (Phi) is 2.87. The Morgan fingerprint density at radius 3 is 3.11 bits per heavy atom. The first-order chi connectivity index (χ1) is 8.78. The molecule has 0 spiro atoms. The number of hydrogen-bond donors (Lipinski definition) is 1. The minimum absolute atomic E-state index is 0.237. The second-order valence-electron chi connectivity index (χ2n) is 4.60. The zero-order valence-corrected chi connectivity index (χ0v) is 10.7. The van der Waals surface area contributed by atoms with Crippen molar-refractivity contribution in [2.75, 3.05) is 6.54 Å². The van der Waals surface area contributed by atoms with Crippen LogP contribution < -0.4 is 5.32 Å². The number of hydrogen-bond acceptors (Lipinski definition) is 5. The molecule has 0 aromatic carbocycles. The third-order valence-electron chi connectivity index (χ3n) is 3.33. The second kappa shape index (κ2) is 4.53. The van der Waals surface area contributed by atoms with Gasteiger partial charge in [-0.05, 0) is 31.9 Å². The van der Waals surface area contributed by atoms with Crippen molar-refractivity contribution in [2.45, 2.75) is 32.2 Å². The van der Waals surface area contributed by atoms with Crippen molar-refractivity contribution in [1.82, 2.24) is 25.2 Å². The average molecular weight is 247 g/mol. The van der Waals surface area contributed by atoms with Crippen LogP contribution in [0.2, 0.25) is 0 Å². The smallest absolute Gasteiger partial charge is 0.276 e. The fourth-order valence-electron chi connectivity index (χ4n) is 2.28. The molecule has 96 valence electrons. The largest absolute Gasteiger partial charge is 0.332 e. The summed E-state index contributed by atoms with van der Waals surface area (Å²) in [5, 5.41) is 11.8. The van der Waals surface area contributed by atoms with Gasteiger partial charge >= 0.3 is 0 Å². The van der Waals surface area contributed by atoms with E-state index < -0.39 is 0 Å². The van der Waals surface area contributed by atoms with Crippen molar-refractivity contribution in [1.29, 1.82) is 0 Å². The van der Waals surface area contributed by atoms with Gasteiger partial charge in [0.25, 0.3) is 5.89 Å².